The van der Waals surface area contributed by atoms with Gasteiger partial charge in [0.1, 0.15) is 5.70 Å². The molecule has 3 aliphatic heterocycles. The minimum atomic E-state index is -0.643. The lowest BCUT2D eigenvalue weighted by atomic mass is 9.34. The second-order valence-electron chi connectivity index (χ2n) is 19.3. The van der Waals surface area contributed by atoms with Crippen LogP contribution in [0.15, 0.2) is 28.5 Å². The van der Waals surface area contributed by atoms with Crippen LogP contribution in [0, 0.1) is 56.7 Å². The van der Waals surface area contributed by atoms with Crippen molar-refractivity contribution in [1.29, 1.82) is 0 Å². The van der Waals surface area contributed by atoms with Crippen LogP contribution in [-0.2, 0) is 23.8 Å². The third-order valence-electron chi connectivity index (χ3n) is 17.0. The zero-order chi connectivity index (χ0) is 37.5. The highest BCUT2D eigenvalue weighted by molar-refractivity contribution is 5.92. The number of nitrogens with two attached hydrogens (primary N) is 1. The molecule has 3 heterocycles. The van der Waals surface area contributed by atoms with E-state index in [0.29, 0.717) is 62.9 Å². The van der Waals surface area contributed by atoms with E-state index in [1.807, 2.05) is 24.3 Å². The highest BCUT2D eigenvalue weighted by Gasteiger charge is 2.72. The SMILES string of the molecule is CNC1(CO[C@H]2[C@H](N3N=CCC=C3C(N)=O)C[C@@]34COC[C@]2(C)[C@@H]3CC[C@H]2C4=CC[C@@]3(C)[C@H](C(=O)O)[C@@](C)([C@H](C)C(C)C)CC[C@]23C)CCOCC1. The van der Waals surface area contributed by atoms with Crippen molar-refractivity contribution >= 4 is 18.1 Å². The number of rotatable bonds is 9. The van der Waals surface area contributed by atoms with Crippen LogP contribution < -0.4 is 11.1 Å². The Bertz CT molecular complexity index is 1520. The molecule has 2 bridgehead atoms. The number of likely N-dealkylation sites (N-methyl/N-ethyl adjacent to an activating group) is 1. The van der Waals surface area contributed by atoms with Crippen LogP contribution in [0.4, 0.5) is 0 Å². The number of aliphatic carboxylic acids is 1. The summed E-state index contributed by atoms with van der Waals surface area (Å²) in [5.74, 6) is -0.301. The van der Waals surface area contributed by atoms with Crippen LogP contribution in [0.5, 0.6) is 0 Å². The lowest BCUT2D eigenvalue weighted by Gasteiger charge is -2.71. The second-order valence-corrected chi connectivity index (χ2v) is 19.3. The van der Waals surface area contributed by atoms with Gasteiger partial charge in [-0.25, -0.2) is 0 Å². The van der Waals surface area contributed by atoms with Gasteiger partial charge in [-0.3, -0.25) is 14.6 Å². The number of ether oxygens (including phenoxy) is 3. The van der Waals surface area contributed by atoms with Crippen molar-refractivity contribution in [2.24, 2.45) is 67.5 Å². The first kappa shape index (κ1) is 38.0. The Morgan fingerprint density at radius 2 is 1.77 bits per heavy atom. The molecule has 7 rings (SSSR count). The maximum absolute atomic E-state index is 13.5. The van der Waals surface area contributed by atoms with Crippen molar-refractivity contribution in [1.82, 2.24) is 10.3 Å². The summed E-state index contributed by atoms with van der Waals surface area (Å²) in [6, 6.07) is -0.233. The zero-order valence-electron chi connectivity index (χ0n) is 33.1. The number of hydrogen-bond acceptors (Lipinski definition) is 8. The van der Waals surface area contributed by atoms with E-state index in [1.165, 1.54) is 5.57 Å². The van der Waals surface area contributed by atoms with Gasteiger partial charge in [0, 0.05) is 42.2 Å². The molecule has 1 amide bonds. The average Bonchev–Trinajstić information content (AvgIpc) is 3.11. The predicted octanol–water partition coefficient (Wildman–Crippen LogP) is 6.16. The molecule has 52 heavy (non-hydrogen) atoms. The number of primary amides is 1. The quantitative estimate of drug-likeness (QED) is 0.241. The number of carbonyl (C=O) groups is 2. The summed E-state index contributed by atoms with van der Waals surface area (Å²) < 4.78 is 19.7. The van der Waals surface area contributed by atoms with Gasteiger partial charge in [0.2, 0.25) is 0 Å². The summed E-state index contributed by atoms with van der Waals surface area (Å²) in [4.78, 5) is 26.5. The molecular formula is C42H66N4O6. The molecule has 0 aromatic rings. The average molecular weight is 723 g/mol. The minimum Gasteiger partial charge on any atom is -0.481 e. The van der Waals surface area contributed by atoms with Gasteiger partial charge in [0.05, 0.1) is 37.9 Å². The first-order valence-corrected chi connectivity index (χ1v) is 20.2. The Balaban J connectivity index is 1.32. The number of carbonyl (C=O) groups excluding carboxylic acids is 1. The Morgan fingerprint density at radius 1 is 1.04 bits per heavy atom. The maximum atomic E-state index is 13.5. The number of carboxylic acid groups (broad SMARTS) is 1. The molecule has 0 unspecified atom stereocenters. The maximum Gasteiger partial charge on any atom is 0.307 e. The summed E-state index contributed by atoms with van der Waals surface area (Å²) in [7, 11) is 2.02. The first-order chi connectivity index (χ1) is 24.5. The van der Waals surface area contributed by atoms with Crippen molar-refractivity contribution in [3.8, 4) is 0 Å². The van der Waals surface area contributed by atoms with E-state index in [0.717, 1.165) is 51.4 Å². The molecule has 10 nitrogen and oxygen atoms in total. The van der Waals surface area contributed by atoms with E-state index in [9.17, 15) is 14.7 Å². The van der Waals surface area contributed by atoms with Crippen LogP contribution in [-0.4, -0.2) is 86.0 Å². The minimum absolute atomic E-state index is 0.184. The van der Waals surface area contributed by atoms with Gasteiger partial charge in [-0.05, 0) is 104 Å². The smallest absolute Gasteiger partial charge is 0.307 e. The largest absolute Gasteiger partial charge is 0.481 e. The van der Waals surface area contributed by atoms with Gasteiger partial charge in [-0.1, -0.05) is 60.1 Å². The van der Waals surface area contributed by atoms with Crippen LogP contribution >= 0.6 is 0 Å². The van der Waals surface area contributed by atoms with Gasteiger partial charge in [0.25, 0.3) is 5.91 Å². The zero-order valence-corrected chi connectivity index (χ0v) is 33.1. The molecule has 4 N–H and O–H groups in total. The molecule has 0 aromatic heterocycles. The Hall–Kier alpha value is -2.27. The highest BCUT2D eigenvalue weighted by Crippen LogP contribution is 2.75. The topological polar surface area (TPSA) is 136 Å². The number of amides is 1. The van der Waals surface area contributed by atoms with Crippen molar-refractivity contribution in [3.05, 3.63) is 23.4 Å². The van der Waals surface area contributed by atoms with Gasteiger partial charge < -0.3 is 30.4 Å². The Labute approximate surface area is 311 Å². The van der Waals surface area contributed by atoms with Crippen LogP contribution in [0.3, 0.4) is 0 Å². The molecule has 0 aromatic carbocycles. The van der Waals surface area contributed by atoms with E-state index in [2.05, 4.69) is 59.9 Å². The number of nitrogens with one attached hydrogen (secondary N) is 1. The Morgan fingerprint density at radius 3 is 2.42 bits per heavy atom. The monoisotopic (exact) mass is 722 g/mol. The first-order valence-electron chi connectivity index (χ1n) is 20.2. The van der Waals surface area contributed by atoms with Crippen LogP contribution in [0.2, 0.25) is 0 Å². The lowest BCUT2D eigenvalue weighted by Crippen LogP contribution is -2.72. The molecule has 4 aliphatic carbocycles. The van der Waals surface area contributed by atoms with E-state index in [1.54, 1.807) is 0 Å². The second kappa shape index (κ2) is 13.2. The van der Waals surface area contributed by atoms with E-state index in [-0.39, 0.29) is 45.3 Å². The van der Waals surface area contributed by atoms with Crippen molar-refractivity contribution in [2.45, 2.75) is 124 Å². The number of allylic oxidation sites excluding steroid dienone is 2. The Kier molecular flexibility index (Phi) is 9.65. The molecular weight excluding hydrogens is 656 g/mol. The van der Waals surface area contributed by atoms with E-state index >= 15 is 0 Å². The summed E-state index contributed by atoms with van der Waals surface area (Å²) >= 11 is 0. The predicted molar refractivity (Wildman–Crippen MR) is 201 cm³/mol. The van der Waals surface area contributed by atoms with Crippen molar-refractivity contribution in [3.63, 3.8) is 0 Å². The number of hydrazone groups is 1. The van der Waals surface area contributed by atoms with Crippen LogP contribution in [0.25, 0.3) is 0 Å². The molecule has 5 fully saturated rings. The molecule has 11 atom stereocenters. The number of carboxylic acids is 1. The standard InChI is InChI=1S/C42H66N4O6/c1-26(2)27(3)37(4)15-16-39(6)28-11-12-32-38(5)23-51-25-42(32,29(28)13-14-40(39,7)33(37)36(48)49)22-31(46-30(35(43)47)10-9-19-45-46)34(38)52-24-41(44-8)17-20-50-21-18-41/h10,13,19,26-28,31-34,44H,9,11-12,14-18,20-25H2,1-8H3,(H2,43,47)(H,48,49)/t27-,28+,31-,32+,33-,34+,37-,38-,39-,40+,42+/m1/s1. The summed E-state index contributed by atoms with van der Waals surface area (Å²) in [5, 5.41) is 21.5. The number of fused-ring (bicyclic) bond motifs is 3. The number of hydrogen-bond donors (Lipinski definition) is 3. The van der Waals surface area contributed by atoms with Crippen molar-refractivity contribution < 1.29 is 28.9 Å². The summed E-state index contributed by atoms with van der Waals surface area (Å²) in [5.41, 5.74) is 6.26. The third kappa shape index (κ3) is 5.34. The van der Waals surface area contributed by atoms with Gasteiger partial charge in [0.15, 0.2) is 0 Å². The molecule has 3 saturated carbocycles. The van der Waals surface area contributed by atoms with Gasteiger partial charge >= 0.3 is 5.97 Å². The highest BCUT2D eigenvalue weighted by atomic mass is 16.5. The summed E-state index contributed by atoms with van der Waals surface area (Å²) in [6.07, 6.45) is 13.8. The van der Waals surface area contributed by atoms with Crippen LogP contribution in [0.1, 0.15) is 106 Å². The molecule has 290 valence electrons. The molecule has 7 aliphatic rings. The van der Waals surface area contributed by atoms with Gasteiger partial charge in [-0.2, -0.15) is 5.10 Å². The molecule has 0 spiro atoms. The fourth-order valence-electron chi connectivity index (χ4n) is 13.5. The normalized spacial score (nSPS) is 44.5. The van der Waals surface area contributed by atoms with Gasteiger partial charge in [-0.15, -0.1) is 0 Å². The molecule has 10 heteroatoms. The molecule has 0 radical (unpaired) electrons. The van der Waals surface area contributed by atoms with E-state index in [4.69, 9.17) is 25.0 Å². The van der Waals surface area contributed by atoms with E-state index < -0.39 is 23.2 Å². The molecule has 2 saturated heterocycles. The fourth-order valence-corrected chi connectivity index (χ4v) is 13.5. The fraction of sp³-hybridized carbons (Fsp3) is 0.833. The van der Waals surface area contributed by atoms with Crippen molar-refractivity contribution in [2.75, 3.05) is 40.1 Å². The lowest BCUT2D eigenvalue weighted by molar-refractivity contribution is -0.256. The third-order valence-corrected chi connectivity index (χ3v) is 17.0. The number of nitrogens with zero attached hydrogens (tertiary/aromatic N) is 2. The summed E-state index contributed by atoms with van der Waals surface area (Å²) in [6.45, 7) is 19.2.